The summed E-state index contributed by atoms with van der Waals surface area (Å²) in [4.78, 5) is 11.6. The van der Waals surface area contributed by atoms with Crippen molar-refractivity contribution in [3.63, 3.8) is 0 Å². The Balaban J connectivity index is 3.11. The zero-order chi connectivity index (χ0) is 12.5. The van der Waals surface area contributed by atoms with Gasteiger partial charge in [0.1, 0.15) is 4.21 Å². The van der Waals surface area contributed by atoms with Gasteiger partial charge in [0.05, 0.1) is 11.7 Å². The molecule has 0 amide bonds. The highest BCUT2D eigenvalue weighted by molar-refractivity contribution is 8.15. The molecular formula is C9H11ClO4S2. The lowest BCUT2D eigenvalue weighted by atomic mass is 10.2. The van der Waals surface area contributed by atoms with Crippen LogP contribution in [-0.2, 0) is 13.8 Å². The van der Waals surface area contributed by atoms with E-state index in [1.165, 1.54) is 12.3 Å². The second kappa shape index (κ2) is 4.73. The van der Waals surface area contributed by atoms with Crippen molar-refractivity contribution >= 4 is 37.0 Å². The van der Waals surface area contributed by atoms with E-state index in [1.54, 1.807) is 13.8 Å². The third-order valence-corrected chi connectivity index (χ3v) is 5.09. The highest BCUT2D eigenvalue weighted by atomic mass is 35.7. The predicted molar refractivity (Wildman–Crippen MR) is 62.6 cm³/mol. The Labute approximate surface area is 103 Å². The van der Waals surface area contributed by atoms with Crippen LogP contribution < -0.4 is 0 Å². The van der Waals surface area contributed by atoms with Crippen molar-refractivity contribution < 1.29 is 17.9 Å². The second-order valence-electron chi connectivity index (χ2n) is 3.45. The van der Waals surface area contributed by atoms with Gasteiger partial charge >= 0.3 is 5.97 Å². The Morgan fingerprint density at radius 1 is 1.50 bits per heavy atom. The first-order valence-corrected chi connectivity index (χ1v) is 7.66. The molecule has 90 valence electrons. The maximum absolute atomic E-state index is 11.6. The van der Waals surface area contributed by atoms with Crippen LogP contribution >= 0.6 is 22.0 Å². The fourth-order valence-electron chi connectivity index (χ4n) is 1.12. The first kappa shape index (κ1) is 13.5. The smallest absolute Gasteiger partial charge is 0.339 e. The van der Waals surface area contributed by atoms with Crippen molar-refractivity contribution in [1.29, 1.82) is 0 Å². The van der Waals surface area contributed by atoms with Crippen LogP contribution in [0.5, 0.6) is 0 Å². The van der Waals surface area contributed by atoms with Crippen molar-refractivity contribution in [2.75, 3.05) is 0 Å². The Morgan fingerprint density at radius 3 is 2.44 bits per heavy atom. The van der Waals surface area contributed by atoms with Crippen LogP contribution in [0, 0.1) is 6.92 Å². The van der Waals surface area contributed by atoms with Crippen molar-refractivity contribution in [1.82, 2.24) is 0 Å². The molecule has 7 heteroatoms. The number of esters is 1. The van der Waals surface area contributed by atoms with Crippen molar-refractivity contribution in [2.45, 2.75) is 31.1 Å². The summed E-state index contributed by atoms with van der Waals surface area (Å²) in [7, 11) is 1.43. The average molecular weight is 283 g/mol. The fraction of sp³-hybridized carbons (Fsp3) is 0.444. The molecular weight excluding hydrogens is 272 g/mol. The lowest BCUT2D eigenvalue weighted by Crippen LogP contribution is -2.12. The second-order valence-corrected chi connectivity index (χ2v) is 7.09. The van der Waals surface area contributed by atoms with E-state index < -0.39 is 15.0 Å². The lowest BCUT2D eigenvalue weighted by molar-refractivity contribution is 0.0377. The van der Waals surface area contributed by atoms with Crippen LogP contribution in [0.1, 0.15) is 29.8 Å². The van der Waals surface area contributed by atoms with Gasteiger partial charge in [0.2, 0.25) is 0 Å². The molecule has 0 aliphatic rings. The van der Waals surface area contributed by atoms with E-state index >= 15 is 0 Å². The molecule has 0 aliphatic carbocycles. The van der Waals surface area contributed by atoms with Crippen molar-refractivity contribution in [3.8, 4) is 0 Å². The van der Waals surface area contributed by atoms with Gasteiger partial charge in [0, 0.05) is 16.1 Å². The van der Waals surface area contributed by atoms with E-state index in [4.69, 9.17) is 15.4 Å². The van der Waals surface area contributed by atoms with Crippen LogP contribution in [0.3, 0.4) is 0 Å². The van der Waals surface area contributed by atoms with E-state index in [-0.39, 0.29) is 15.9 Å². The number of hydrogen-bond acceptors (Lipinski definition) is 5. The van der Waals surface area contributed by atoms with Gasteiger partial charge in [-0.25, -0.2) is 13.2 Å². The van der Waals surface area contributed by atoms with Gasteiger partial charge in [-0.05, 0) is 26.3 Å². The summed E-state index contributed by atoms with van der Waals surface area (Å²) in [6.07, 6.45) is -0.247. The minimum atomic E-state index is -3.79. The minimum absolute atomic E-state index is 0.00938. The normalized spacial score (nSPS) is 11.8. The Morgan fingerprint density at radius 2 is 2.06 bits per heavy atom. The van der Waals surface area contributed by atoms with Gasteiger partial charge in [-0.1, -0.05) is 0 Å². The molecule has 1 aromatic heterocycles. The lowest BCUT2D eigenvalue weighted by Gasteiger charge is -2.07. The Kier molecular flexibility index (Phi) is 3.98. The highest BCUT2D eigenvalue weighted by Crippen LogP contribution is 2.29. The zero-order valence-electron chi connectivity index (χ0n) is 8.98. The average Bonchev–Trinajstić information content (AvgIpc) is 2.44. The minimum Gasteiger partial charge on any atom is -0.459 e. The number of carbonyl (C=O) groups excluding carboxylic acids is 1. The van der Waals surface area contributed by atoms with Crippen molar-refractivity contribution in [3.05, 3.63) is 16.5 Å². The molecule has 0 fully saturated rings. The quantitative estimate of drug-likeness (QED) is 0.631. The Hall–Kier alpha value is -0.590. The number of ether oxygens (including phenoxy) is 1. The summed E-state index contributed by atoms with van der Waals surface area (Å²) in [5.74, 6) is -0.532. The molecule has 0 saturated carbocycles. The molecule has 16 heavy (non-hydrogen) atoms. The standard InChI is InChI=1S/C9H11ClO4S2/c1-5(2)14-8(11)7-4-15-9(6(7)3)16(10,12)13/h4-5H,1-3H3. The predicted octanol–water partition coefficient (Wildman–Crippen LogP) is 2.55. The molecule has 1 heterocycles. The number of thiophene rings is 1. The maximum atomic E-state index is 11.6. The van der Waals surface area contributed by atoms with Crippen LogP contribution in [0.2, 0.25) is 0 Å². The first-order chi connectivity index (χ1) is 7.23. The van der Waals surface area contributed by atoms with E-state index in [2.05, 4.69) is 0 Å². The third kappa shape index (κ3) is 2.96. The molecule has 1 aromatic rings. The van der Waals surface area contributed by atoms with Gasteiger partial charge in [-0.15, -0.1) is 11.3 Å². The molecule has 0 unspecified atom stereocenters. The van der Waals surface area contributed by atoms with Gasteiger partial charge < -0.3 is 4.74 Å². The summed E-state index contributed by atoms with van der Waals surface area (Å²) < 4.78 is 27.2. The molecule has 0 radical (unpaired) electrons. The molecule has 0 N–H and O–H groups in total. The number of rotatable bonds is 3. The largest absolute Gasteiger partial charge is 0.459 e. The topological polar surface area (TPSA) is 60.4 Å². The van der Waals surface area contributed by atoms with Crippen LogP contribution in [0.15, 0.2) is 9.59 Å². The van der Waals surface area contributed by atoms with E-state index in [0.717, 1.165) is 11.3 Å². The SMILES string of the molecule is Cc1c(C(=O)OC(C)C)csc1S(=O)(=O)Cl. The summed E-state index contributed by atoms with van der Waals surface area (Å²) >= 11 is 0.918. The van der Waals surface area contributed by atoms with Gasteiger partial charge in [-0.2, -0.15) is 0 Å². The van der Waals surface area contributed by atoms with E-state index in [1.807, 2.05) is 0 Å². The van der Waals surface area contributed by atoms with Crippen molar-refractivity contribution in [2.24, 2.45) is 0 Å². The molecule has 0 aliphatic heterocycles. The van der Waals surface area contributed by atoms with Crippen LogP contribution in [-0.4, -0.2) is 20.5 Å². The number of halogens is 1. The summed E-state index contributed by atoms with van der Waals surface area (Å²) in [6, 6.07) is 0. The van der Waals surface area contributed by atoms with Crippen LogP contribution in [0.4, 0.5) is 0 Å². The third-order valence-electron chi connectivity index (χ3n) is 1.78. The zero-order valence-corrected chi connectivity index (χ0v) is 11.4. The summed E-state index contributed by atoms with van der Waals surface area (Å²) in [5, 5.41) is 1.44. The molecule has 0 aromatic carbocycles. The maximum Gasteiger partial charge on any atom is 0.339 e. The molecule has 1 rings (SSSR count). The summed E-state index contributed by atoms with van der Waals surface area (Å²) in [6.45, 7) is 4.97. The Bertz CT molecular complexity index is 502. The van der Waals surface area contributed by atoms with Gasteiger partial charge in [-0.3, -0.25) is 0 Å². The fourth-order valence-corrected chi connectivity index (χ4v) is 3.66. The van der Waals surface area contributed by atoms with E-state index in [9.17, 15) is 13.2 Å². The number of carbonyl (C=O) groups is 1. The monoisotopic (exact) mass is 282 g/mol. The van der Waals surface area contributed by atoms with E-state index in [0.29, 0.717) is 5.56 Å². The number of hydrogen-bond donors (Lipinski definition) is 0. The molecule has 0 atom stereocenters. The van der Waals surface area contributed by atoms with Gasteiger partial charge in [0.15, 0.2) is 0 Å². The first-order valence-electron chi connectivity index (χ1n) is 4.47. The molecule has 0 spiro atoms. The summed E-state index contributed by atoms with van der Waals surface area (Å²) in [5.41, 5.74) is 0.587. The molecule has 4 nitrogen and oxygen atoms in total. The molecule has 0 bridgehead atoms. The van der Waals surface area contributed by atoms with Gasteiger partial charge in [0.25, 0.3) is 9.05 Å². The molecule has 0 saturated heterocycles. The van der Waals surface area contributed by atoms with Crippen LogP contribution in [0.25, 0.3) is 0 Å². The highest BCUT2D eigenvalue weighted by Gasteiger charge is 2.23.